The molecule has 2 heterocycles. The minimum absolute atomic E-state index is 0.237. The summed E-state index contributed by atoms with van der Waals surface area (Å²) < 4.78 is 0. The number of carbonyl (C=O) groups excluding carboxylic acids is 1. The van der Waals surface area contributed by atoms with E-state index in [0.717, 1.165) is 49.6 Å². The molecule has 1 saturated heterocycles. The van der Waals surface area contributed by atoms with Gasteiger partial charge in [0.2, 0.25) is 0 Å². The van der Waals surface area contributed by atoms with Gasteiger partial charge in [-0.05, 0) is 46.5 Å². The fourth-order valence-corrected chi connectivity index (χ4v) is 2.56. The Balaban J connectivity index is 1.96. The Morgan fingerprint density at radius 2 is 2.06 bits per heavy atom. The predicted molar refractivity (Wildman–Crippen MR) is 73.2 cm³/mol. The van der Waals surface area contributed by atoms with Crippen molar-refractivity contribution < 1.29 is 4.79 Å². The number of H-pyrrole nitrogens is 1. The molecular weight excluding hydrogens is 226 g/mol. The summed E-state index contributed by atoms with van der Waals surface area (Å²) in [5.41, 5.74) is 2.90. The highest BCUT2D eigenvalue weighted by molar-refractivity contribution is 5.98. The van der Waals surface area contributed by atoms with Crippen molar-refractivity contribution >= 4 is 5.78 Å². The van der Waals surface area contributed by atoms with Crippen LogP contribution in [0.15, 0.2) is 6.07 Å². The van der Waals surface area contributed by atoms with Gasteiger partial charge in [0.15, 0.2) is 5.78 Å². The molecule has 0 aliphatic carbocycles. The fraction of sp³-hybridized carbons (Fsp3) is 0.643. The zero-order valence-corrected chi connectivity index (χ0v) is 11.6. The summed E-state index contributed by atoms with van der Waals surface area (Å²) in [6.45, 7) is 8.71. The van der Waals surface area contributed by atoms with Crippen LogP contribution < -0.4 is 0 Å². The highest BCUT2D eigenvalue weighted by Crippen LogP contribution is 2.11. The van der Waals surface area contributed by atoms with Crippen molar-refractivity contribution in [1.82, 2.24) is 14.8 Å². The molecule has 0 spiro atoms. The molecule has 100 valence electrons. The van der Waals surface area contributed by atoms with Crippen LogP contribution in [0.2, 0.25) is 0 Å². The number of likely N-dealkylation sites (N-methyl/N-ethyl adjacent to an activating group) is 1. The maximum Gasteiger partial charge on any atom is 0.178 e. The van der Waals surface area contributed by atoms with Gasteiger partial charge in [0.1, 0.15) is 0 Å². The van der Waals surface area contributed by atoms with Crippen LogP contribution >= 0.6 is 0 Å². The summed E-state index contributed by atoms with van der Waals surface area (Å²) in [5.74, 6) is 0.237. The van der Waals surface area contributed by atoms with Crippen molar-refractivity contribution in [1.29, 1.82) is 0 Å². The molecule has 0 radical (unpaired) electrons. The summed E-state index contributed by atoms with van der Waals surface area (Å²) in [7, 11) is 2.14. The van der Waals surface area contributed by atoms with E-state index < -0.39 is 0 Å². The van der Waals surface area contributed by atoms with Crippen molar-refractivity contribution in [2.45, 2.75) is 20.3 Å². The molecule has 18 heavy (non-hydrogen) atoms. The van der Waals surface area contributed by atoms with Gasteiger partial charge >= 0.3 is 0 Å². The molecule has 1 fully saturated rings. The molecule has 1 aliphatic heterocycles. The van der Waals surface area contributed by atoms with Crippen LogP contribution in [-0.2, 0) is 0 Å². The molecule has 0 atom stereocenters. The van der Waals surface area contributed by atoms with E-state index in [2.05, 4.69) is 21.8 Å². The standard InChI is InChI=1S/C14H23N3O/c1-11-9-13(12(2)15-11)14(18)10-17-6-4-5-16(3)7-8-17/h9,15H,4-8,10H2,1-3H3. The SMILES string of the molecule is Cc1cc(C(=O)CN2CCCN(C)CC2)c(C)[nH]1. The van der Waals surface area contributed by atoms with Gasteiger partial charge in [-0.15, -0.1) is 0 Å². The highest BCUT2D eigenvalue weighted by Gasteiger charge is 2.18. The number of aryl methyl sites for hydroxylation is 2. The molecule has 1 aliphatic rings. The molecule has 0 bridgehead atoms. The van der Waals surface area contributed by atoms with Gasteiger partial charge in [-0.1, -0.05) is 0 Å². The summed E-state index contributed by atoms with van der Waals surface area (Å²) in [6, 6.07) is 1.96. The van der Waals surface area contributed by atoms with Crippen molar-refractivity contribution in [2.75, 3.05) is 39.8 Å². The minimum Gasteiger partial charge on any atom is -0.362 e. The Kier molecular flexibility index (Phi) is 4.19. The van der Waals surface area contributed by atoms with Crippen LogP contribution in [0, 0.1) is 13.8 Å². The normalized spacial score (nSPS) is 18.8. The minimum atomic E-state index is 0.237. The number of hydrogen-bond donors (Lipinski definition) is 1. The van der Waals surface area contributed by atoms with E-state index in [4.69, 9.17) is 0 Å². The fourth-order valence-electron chi connectivity index (χ4n) is 2.56. The Morgan fingerprint density at radius 1 is 1.28 bits per heavy atom. The molecule has 0 aromatic carbocycles. The van der Waals surface area contributed by atoms with Gasteiger partial charge < -0.3 is 9.88 Å². The van der Waals surface area contributed by atoms with E-state index >= 15 is 0 Å². The van der Waals surface area contributed by atoms with Crippen molar-refractivity contribution in [2.24, 2.45) is 0 Å². The second-order valence-electron chi connectivity index (χ2n) is 5.35. The lowest BCUT2D eigenvalue weighted by Crippen LogP contribution is -2.33. The number of carbonyl (C=O) groups is 1. The van der Waals surface area contributed by atoms with E-state index in [9.17, 15) is 4.79 Å². The maximum absolute atomic E-state index is 12.3. The number of aromatic amines is 1. The molecule has 4 heteroatoms. The smallest absolute Gasteiger partial charge is 0.178 e. The first-order valence-electron chi connectivity index (χ1n) is 6.66. The van der Waals surface area contributed by atoms with E-state index in [1.165, 1.54) is 0 Å². The van der Waals surface area contributed by atoms with E-state index in [1.807, 2.05) is 19.9 Å². The molecule has 0 saturated carbocycles. The number of Topliss-reactive ketones (excluding diaryl/α,β-unsaturated/α-hetero) is 1. The number of rotatable bonds is 3. The molecule has 1 N–H and O–H groups in total. The second kappa shape index (κ2) is 5.67. The number of nitrogens with zero attached hydrogens (tertiary/aromatic N) is 2. The Morgan fingerprint density at radius 3 is 2.72 bits per heavy atom. The number of nitrogens with one attached hydrogen (secondary N) is 1. The van der Waals surface area contributed by atoms with Crippen LogP contribution in [0.3, 0.4) is 0 Å². The average molecular weight is 249 g/mol. The van der Waals surface area contributed by atoms with Crippen LogP contribution in [0.25, 0.3) is 0 Å². The first-order valence-corrected chi connectivity index (χ1v) is 6.66. The number of ketones is 1. The quantitative estimate of drug-likeness (QED) is 0.824. The summed E-state index contributed by atoms with van der Waals surface area (Å²) in [6.07, 6.45) is 1.15. The molecule has 4 nitrogen and oxygen atoms in total. The van der Waals surface area contributed by atoms with Gasteiger partial charge in [0.25, 0.3) is 0 Å². The summed E-state index contributed by atoms with van der Waals surface area (Å²) >= 11 is 0. The zero-order chi connectivity index (χ0) is 13.1. The van der Waals surface area contributed by atoms with Gasteiger partial charge in [-0.3, -0.25) is 9.69 Å². The average Bonchev–Trinajstić information content (AvgIpc) is 2.51. The third-order valence-corrected chi connectivity index (χ3v) is 3.63. The van der Waals surface area contributed by atoms with Gasteiger partial charge in [0.05, 0.1) is 6.54 Å². The first kappa shape index (κ1) is 13.3. The number of aromatic nitrogens is 1. The lowest BCUT2D eigenvalue weighted by atomic mass is 10.1. The lowest BCUT2D eigenvalue weighted by Gasteiger charge is -2.18. The zero-order valence-electron chi connectivity index (χ0n) is 11.6. The second-order valence-corrected chi connectivity index (χ2v) is 5.35. The Labute approximate surface area is 109 Å². The Bertz CT molecular complexity index is 425. The van der Waals surface area contributed by atoms with Crippen LogP contribution in [-0.4, -0.2) is 60.3 Å². The van der Waals surface area contributed by atoms with Crippen LogP contribution in [0.1, 0.15) is 28.2 Å². The van der Waals surface area contributed by atoms with E-state index in [1.54, 1.807) is 0 Å². The van der Waals surface area contributed by atoms with Crippen molar-refractivity contribution in [3.63, 3.8) is 0 Å². The van der Waals surface area contributed by atoms with Gasteiger partial charge in [0, 0.05) is 30.0 Å². The van der Waals surface area contributed by atoms with Crippen LogP contribution in [0.5, 0.6) is 0 Å². The lowest BCUT2D eigenvalue weighted by molar-refractivity contribution is 0.0933. The van der Waals surface area contributed by atoms with Gasteiger partial charge in [-0.25, -0.2) is 0 Å². The highest BCUT2D eigenvalue weighted by atomic mass is 16.1. The van der Waals surface area contributed by atoms with E-state index in [0.29, 0.717) is 6.54 Å². The largest absolute Gasteiger partial charge is 0.362 e. The van der Waals surface area contributed by atoms with Crippen molar-refractivity contribution in [3.05, 3.63) is 23.0 Å². The maximum atomic E-state index is 12.3. The first-order chi connectivity index (χ1) is 8.56. The summed E-state index contributed by atoms with van der Waals surface area (Å²) in [4.78, 5) is 20.1. The van der Waals surface area contributed by atoms with Gasteiger partial charge in [-0.2, -0.15) is 0 Å². The molecule has 2 rings (SSSR count). The van der Waals surface area contributed by atoms with Crippen LogP contribution in [0.4, 0.5) is 0 Å². The molecule has 1 aromatic rings. The third kappa shape index (κ3) is 3.21. The molecule has 0 amide bonds. The Hall–Kier alpha value is -1.13. The molecular formula is C14H23N3O. The molecule has 1 aromatic heterocycles. The molecule has 0 unspecified atom stereocenters. The topological polar surface area (TPSA) is 39.3 Å². The third-order valence-electron chi connectivity index (χ3n) is 3.63. The predicted octanol–water partition coefficient (Wildman–Crippen LogP) is 1.45. The number of hydrogen-bond acceptors (Lipinski definition) is 3. The summed E-state index contributed by atoms with van der Waals surface area (Å²) in [5, 5.41) is 0. The van der Waals surface area contributed by atoms with Crippen molar-refractivity contribution in [3.8, 4) is 0 Å². The van der Waals surface area contributed by atoms with E-state index in [-0.39, 0.29) is 5.78 Å². The monoisotopic (exact) mass is 249 g/mol.